The first kappa shape index (κ1) is 17.5. The molecule has 1 amide bonds. The van der Waals surface area contributed by atoms with Crippen molar-refractivity contribution < 1.29 is 14.3 Å². The van der Waals surface area contributed by atoms with Crippen LogP contribution in [0.25, 0.3) is 5.69 Å². The number of hydrogen-bond donors (Lipinski definition) is 1. The van der Waals surface area contributed by atoms with Crippen molar-refractivity contribution in [3.05, 3.63) is 66.9 Å². The second-order valence-electron chi connectivity index (χ2n) is 6.23. The maximum atomic E-state index is 12.6. The molecule has 0 aliphatic carbocycles. The minimum atomic E-state index is -1.09. The van der Waals surface area contributed by atoms with Crippen molar-refractivity contribution >= 4 is 11.6 Å². The first-order valence-corrected chi connectivity index (χ1v) is 8.23. The van der Waals surface area contributed by atoms with Gasteiger partial charge in [0.05, 0.1) is 12.8 Å². The number of nitrogens with one attached hydrogen (secondary N) is 1. The summed E-state index contributed by atoms with van der Waals surface area (Å²) in [5.74, 6) is 0.839. The highest BCUT2D eigenvalue weighted by Gasteiger charge is 2.31. The second-order valence-corrected chi connectivity index (χ2v) is 6.23. The maximum absolute atomic E-state index is 12.6. The normalized spacial score (nSPS) is 11.0. The predicted octanol–water partition coefficient (Wildman–Crippen LogP) is 3.68. The molecule has 0 saturated carbocycles. The molecule has 134 valence electrons. The molecule has 6 nitrogen and oxygen atoms in total. The first-order chi connectivity index (χ1) is 12.5. The summed E-state index contributed by atoms with van der Waals surface area (Å²) in [6.07, 6.45) is 1.79. The van der Waals surface area contributed by atoms with E-state index in [1.807, 2.05) is 30.3 Å². The van der Waals surface area contributed by atoms with Gasteiger partial charge < -0.3 is 14.8 Å². The third kappa shape index (κ3) is 4.03. The Bertz CT molecular complexity index is 871. The fourth-order valence-corrected chi connectivity index (χ4v) is 2.35. The van der Waals surface area contributed by atoms with E-state index in [-0.39, 0.29) is 5.91 Å². The standard InChI is InChI=1S/C20H21N3O3/c1-20(2,19(24)21-15-9-11-17(25-3)12-10-15)26-18-13-14-23(22-18)16-7-5-4-6-8-16/h4-14H,1-3H3,(H,21,24). The molecule has 1 N–H and O–H groups in total. The molecule has 1 aromatic heterocycles. The van der Waals surface area contributed by atoms with Crippen LogP contribution >= 0.6 is 0 Å². The van der Waals surface area contributed by atoms with E-state index in [1.54, 1.807) is 62.2 Å². The summed E-state index contributed by atoms with van der Waals surface area (Å²) in [7, 11) is 1.60. The van der Waals surface area contributed by atoms with Gasteiger partial charge in [-0.05, 0) is 50.2 Å². The molecular formula is C20H21N3O3. The molecule has 0 bridgehead atoms. The van der Waals surface area contributed by atoms with Crippen LogP contribution in [0.2, 0.25) is 0 Å². The van der Waals surface area contributed by atoms with Crippen molar-refractivity contribution in [2.75, 3.05) is 12.4 Å². The van der Waals surface area contributed by atoms with Crippen molar-refractivity contribution in [3.8, 4) is 17.3 Å². The van der Waals surface area contributed by atoms with Gasteiger partial charge in [-0.2, -0.15) is 0 Å². The van der Waals surface area contributed by atoms with E-state index in [9.17, 15) is 4.79 Å². The number of aromatic nitrogens is 2. The lowest BCUT2D eigenvalue weighted by Crippen LogP contribution is -2.42. The topological polar surface area (TPSA) is 65.4 Å². The minimum Gasteiger partial charge on any atom is -0.497 e. The molecule has 0 aliphatic rings. The summed E-state index contributed by atoms with van der Waals surface area (Å²) in [5.41, 5.74) is 0.501. The zero-order chi connectivity index (χ0) is 18.6. The summed E-state index contributed by atoms with van der Waals surface area (Å²) in [5, 5.41) is 7.21. The van der Waals surface area contributed by atoms with Gasteiger partial charge in [0.15, 0.2) is 5.60 Å². The van der Waals surface area contributed by atoms with Crippen LogP contribution in [-0.2, 0) is 4.79 Å². The van der Waals surface area contributed by atoms with Crippen LogP contribution in [0, 0.1) is 0 Å². The Balaban J connectivity index is 1.67. The molecule has 0 spiro atoms. The van der Waals surface area contributed by atoms with Crippen LogP contribution in [0.15, 0.2) is 66.9 Å². The summed E-state index contributed by atoms with van der Waals surface area (Å²) in [6, 6.07) is 18.5. The number of para-hydroxylation sites is 1. The van der Waals surface area contributed by atoms with E-state index < -0.39 is 5.60 Å². The number of hydrogen-bond acceptors (Lipinski definition) is 4. The smallest absolute Gasteiger partial charge is 0.268 e. The SMILES string of the molecule is COc1ccc(NC(=O)C(C)(C)Oc2ccn(-c3ccccc3)n2)cc1. The molecule has 0 radical (unpaired) electrons. The van der Waals surface area contributed by atoms with Crippen molar-refractivity contribution in [3.63, 3.8) is 0 Å². The zero-order valence-corrected chi connectivity index (χ0v) is 15.0. The van der Waals surface area contributed by atoms with E-state index in [0.717, 1.165) is 11.4 Å². The van der Waals surface area contributed by atoms with Gasteiger partial charge in [0, 0.05) is 18.0 Å². The number of benzene rings is 2. The van der Waals surface area contributed by atoms with Crippen LogP contribution in [0.3, 0.4) is 0 Å². The highest BCUT2D eigenvalue weighted by atomic mass is 16.5. The quantitative estimate of drug-likeness (QED) is 0.736. The number of rotatable bonds is 6. The van der Waals surface area contributed by atoms with E-state index in [1.165, 1.54) is 0 Å². The molecule has 3 aromatic rings. The van der Waals surface area contributed by atoms with Gasteiger partial charge in [-0.1, -0.05) is 18.2 Å². The number of methoxy groups -OCH3 is 1. The predicted molar refractivity (Wildman–Crippen MR) is 99.9 cm³/mol. The Hall–Kier alpha value is -3.28. The van der Waals surface area contributed by atoms with Crippen molar-refractivity contribution in [2.24, 2.45) is 0 Å². The van der Waals surface area contributed by atoms with E-state index >= 15 is 0 Å². The largest absolute Gasteiger partial charge is 0.497 e. The second kappa shape index (κ2) is 7.31. The third-order valence-corrected chi connectivity index (χ3v) is 3.84. The number of anilines is 1. The fourth-order valence-electron chi connectivity index (χ4n) is 2.35. The van der Waals surface area contributed by atoms with Gasteiger partial charge in [-0.15, -0.1) is 5.10 Å². The summed E-state index contributed by atoms with van der Waals surface area (Å²) >= 11 is 0. The molecular weight excluding hydrogens is 330 g/mol. The summed E-state index contributed by atoms with van der Waals surface area (Å²) < 4.78 is 12.6. The molecule has 0 atom stereocenters. The Morgan fingerprint density at radius 3 is 2.38 bits per heavy atom. The highest BCUT2D eigenvalue weighted by Crippen LogP contribution is 2.21. The van der Waals surface area contributed by atoms with Crippen molar-refractivity contribution in [1.29, 1.82) is 0 Å². The van der Waals surface area contributed by atoms with Gasteiger partial charge in [-0.3, -0.25) is 4.79 Å². The Morgan fingerprint density at radius 2 is 1.73 bits per heavy atom. The molecule has 26 heavy (non-hydrogen) atoms. The molecule has 0 unspecified atom stereocenters. The lowest BCUT2D eigenvalue weighted by Gasteiger charge is -2.23. The first-order valence-electron chi connectivity index (χ1n) is 8.23. The van der Waals surface area contributed by atoms with Crippen LogP contribution in [0.4, 0.5) is 5.69 Å². The summed E-state index contributed by atoms with van der Waals surface area (Å²) in [6.45, 7) is 3.40. The van der Waals surface area contributed by atoms with Crippen molar-refractivity contribution in [2.45, 2.75) is 19.4 Å². The minimum absolute atomic E-state index is 0.267. The van der Waals surface area contributed by atoms with Gasteiger partial charge in [0.1, 0.15) is 5.75 Å². The monoisotopic (exact) mass is 351 g/mol. The number of carbonyl (C=O) groups excluding carboxylic acids is 1. The highest BCUT2D eigenvalue weighted by molar-refractivity contribution is 5.97. The van der Waals surface area contributed by atoms with E-state index in [4.69, 9.17) is 9.47 Å². The third-order valence-electron chi connectivity index (χ3n) is 3.84. The molecule has 0 saturated heterocycles. The molecule has 3 rings (SSSR count). The van der Waals surface area contributed by atoms with Crippen LogP contribution < -0.4 is 14.8 Å². The average Bonchev–Trinajstić information content (AvgIpc) is 3.11. The van der Waals surface area contributed by atoms with Crippen LogP contribution in [-0.4, -0.2) is 28.4 Å². The average molecular weight is 351 g/mol. The molecule has 6 heteroatoms. The molecule has 1 heterocycles. The number of amides is 1. The number of carbonyl (C=O) groups is 1. The fraction of sp³-hybridized carbons (Fsp3) is 0.200. The molecule has 2 aromatic carbocycles. The Kier molecular flexibility index (Phi) is 4.93. The lowest BCUT2D eigenvalue weighted by atomic mass is 10.1. The van der Waals surface area contributed by atoms with Gasteiger partial charge in [0.25, 0.3) is 5.91 Å². The number of ether oxygens (including phenoxy) is 2. The zero-order valence-electron chi connectivity index (χ0n) is 15.0. The van der Waals surface area contributed by atoms with Gasteiger partial charge in [-0.25, -0.2) is 4.68 Å². The van der Waals surface area contributed by atoms with Crippen LogP contribution in [0.1, 0.15) is 13.8 Å². The van der Waals surface area contributed by atoms with Crippen LogP contribution in [0.5, 0.6) is 11.6 Å². The summed E-state index contributed by atoms with van der Waals surface area (Å²) in [4.78, 5) is 12.6. The lowest BCUT2D eigenvalue weighted by molar-refractivity contribution is -0.128. The van der Waals surface area contributed by atoms with Gasteiger partial charge >= 0.3 is 0 Å². The molecule has 0 fully saturated rings. The van der Waals surface area contributed by atoms with Crippen molar-refractivity contribution in [1.82, 2.24) is 9.78 Å². The number of nitrogens with zero attached hydrogens (tertiary/aromatic N) is 2. The maximum Gasteiger partial charge on any atom is 0.268 e. The van der Waals surface area contributed by atoms with E-state index in [0.29, 0.717) is 11.6 Å². The van der Waals surface area contributed by atoms with E-state index in [2.05, 4.69) is 10.4 Å². The van der Waals surface area contributed by atoms with Gasteiger partial charge in [0.2, 0.25) is 5.88 Å². The Morgan fingerprint density at radius 1 is 1.04 bits per heavy atom. The Labute approximate surface area is 152 Å². The molecule has 0 aliphatic heterocycles.